The fourth-order valence-corrected chi connectivity index (χ4v) is 3.32. The molecule has 2 aromatic carbocycles. The van der Waals surface area contributed by atoms with Crippen molar-refractivity contribution >= 4 is 16.7 Å². The molecule has 28 heavy (non-hydrogen) atoms. The summed E-state index contributed by atoms with van der Waals surface area (Å²) in [6, 6.07) is 22.1. The average molecular weight is 370 g/mol. The van der Waals surface area contributed by atoms with Crippen LogP contribution in [0.3, 0.4) is 0 Å². The molecule has 0 aliphatic rings. The molecule has 0 fully saturated rings. The van der Waals surface area contributed by atoms with E-state index in [0.29, 0.717) is 18.8 Å². The molecule has 2 N–H and O–H groups in total. The van der Waals surface area contributed by atoms with E-state index in [2.05, 4.69) is 22.4 Å². The molecule has 4 aromatic rings. The van der Waals surface area contributed by atoms with E-state index < -0.39 is 0 Å². The Morgan fingerprint density at radius 1 is 0.893 bits per heavy atom. The van der Waals surface area contributed by atoms with Crippen molar-refractivity contribution in [2.24, 2.45) is 0 Å². The lowest BCUT2D eigenvalue weighted by Crippen LogP contribution is -2.15. The van der Waals surface area contributed by atoms with Crippen LogP contribution in [0.2, 0.25) is 0 Å². The molecular formula is C23H22N4O. The van der Waals surface area contributed by atoms with Crippen molar-refractivity contribution in [2.75, 3.05) is 18.5 Å². The predicted octanol–water partition coefficient (Wildman–Crippen LogP) is 4.27. The quantitative estimate of drug-likeness (QED) is 0.508. The molecule has 0 radical (unpaired) electrons. The number of rotatable bonds is 7. The number of aliphatic hydroxyl groups excluding tert-OH is 1. The van der Waals surface area contributed by atoms with Gasteiger partial charge in [-0.1, -0.05) is 42.5 Å². The number of anilines is 1. The molecule has 2 aromatic heterocycles. The van der Waals surface area contributed by atoms with Crippen molar-refractivity contribution in [3.05, 3.63) is 84.7 Å². The third kappa shape index (κ3) is 4.00. The van der Waals surface area contributed by atoms with Crippen molar-refractivity contribution in [3.63, 3.8) is 0 Å². The number of hydrogen-bond acceptors (Lipinski definition) is 5. The van der Waals surface area contributed by atoms with Gasteiger partial charge in [-0.05, 0) is 36.2 Å². The minimum Gasteiger partial charge on any atom is -0.396 e. The Hall–Kier alpha value is -3.31. The number of hydrogen-bond donors (Lipinski definition) is 2. The number of para-hydroxylation sites is 1. The van der Waals surface area contributed by atoms with E-state index in [1.54, 1.807) is 12.4 Å². The molecule has 4 rings (SSSR count). The van der Waals surface area contributed by atoms with Gasteiger partial charge in [0.25, 0.3) is 0 Å². The van der Waals surface area contributed by atoms with Gasteiger partial charge in [-0.15, -0.1) is 0 Å². The monoisotopic (exact) mass is 370 g/mol. The maximum Gasteiger partial charge on any atom is 0.163 e. The molecule has 5 heteroatoms. The van der Waals surface area contributed by atoms with Gasteiger partial charge in [-0.2, -0.15) is 0 Å². The van der Waals surface area contributed by atoms with Crippen LogP contribution in [0, 0.1) is 0 Å². The Kier molecular flexibility index (Phi) is 5.54. The Morgan fingerprint density at radius 3 is 2.50 bits per heavy atom. The first-order valence-corrected chi connectivity index (χ1v) is 9.42. The second-order valence-electron chi connectivity index (χ2n) is 6.66. The van der Waals surface area contributed by atoms with Gasteiger partial charge in [0.2, 0.25) is 0 Å². The third-order valence-corrected chi connectivity index (χ3v) is 4.79. The SMILES string of the molecule is OCCC(CNc1nc(-c2cccnc2)nc2ccccc12)c1ccccc1. The van der Waals surface area contributed by atoms with Gasteiger partial charge in [0, 0.05) is 42.4 Å². The van der Waals surface area contributed by atoms with Gasteiger partial charge in [0.15, 0.2) is 5.82 Å². The summed E-state index contributed by atoms with van der Waals surface area (Å²) >= 11 is 0. The molecule has 140 valence electrons. The molecule has 0 saturated heterocycles. The van der Waals surface area contributed by atoms with Crippen LogP contribution in [0.1, 0.15) is 17.9 Å². The molecule has 0 bridgehead atoms. The number of nitrogens with zero attached hydrogens (tertiary/aromatic N) is 3. The summed E-state index contributed by atoms with van der Waals surface area (Å²) in [5, 5.41) is 14.0. The minimum absolute atomic E-state index is 0.146. The molecule has 2 heterocycles. The van der Waals surface area contributed by atoms with Crippen LogP contribution in [0.5, 0.6) is 0 Å². The molecular weight excluding hydrogens is 348 g/mol. The summed E-state index contributed by atoms with van der Waals surface area (Å²) in [5.41, 5.74) is 2.97. The minimum atomic E-state index is 0.146. The summed E-state index contributed by atoms with van der Waals surface area (Å²) in [6.07, 6.45) is 4.20. The number of aliphatic hydroxyl groups is 1. The van der Waals surface area contributed by atoms with Crippen LogP contribution in [0.15, 0.2) is 79.1 Å². The number of fused-ring (bicyclic) bond motifs is 1. The lowest BCUT2D eigenvalue weighted by molar-refractivity contribution is 0.277. The van der Waals surface area contributed by atoms with E-state index in [0.717, 1.165) is 22.3 Å². The lowest BCUT2D eigenvalue weighted by Gasteiger charge is -2.18. The van der Waals surface area contributed by atoms with Crippen LogP contribution in [-0.2, 0) is 0 Å². The third-order valence-electron chi connectivity index (χ3n) is 4.79. The maximum absolute atomic E-state index is 9.50. The van der Waals surface area contributed by atoms with Crippen LogP contribution in [0.25, 0.3) is 22.3 Å². The highest BCUT2D eigenvalue weighted by Crippen LogP contribution is 2.26. The van der Waals surface area contributed by atoms with E-state index in [9.17, 15) is 5.11 Å². The van der Waals surface area contributed by atoms with Crippen LogP contribution < -0.4 is 5.32 Å². The van der Waals surface area contributed by atoms with E-state index in [1.165, 1.54) is 5.56 Å². The van der Waals surface area contributed by atoms with E-state index >= 15 is 0 Å². The first-order valence-electron chi connectivity index (χ1n) is 9.42. The zero-order valence-corrected chi connectivity index (χ0v) is 15.5. The lowest BCUT2D eigenvalue weighted by atomic mass is 9.96. The summed E-state index contributed by atoms with van der Waals surface area (Å²) in [4.78, 5) is 13.6. The molecule has 5 nitrogen and oxygen atoms in total. The zero-order chi connectivity index (χ0) is 19.2. The fraction of sp³-hybridized carbons (Fsp3) is 0.174. The highest BCUT2D eigenvalue weighted by molar-refractivity contribution is 5.90. The first kappa shape index (κ1) is 18.1. The summed E-state index contributed by atoms with van der Waals surface area (Å²) in [6.45, 7) is 0.824. The summed E-state index contributed by atoms with van der Waals surface area (Å²) in [5.74, 6) is 1.64. The van der Waals surface area contributed by atoms with Crippen molar-refractivity contribution in [1.82, 2.24) is 15.0 Å². The van der Waals surface area contributed by atoms with Crippen molar-refractivity contribution < 1.29 is 5.11 Å². The fourth-order valence-electron chi connectivity index (χ4n) is 3.32. The second kappa shape index (κ2) is 8.59. The predicted molar refractivity (Wildman–Crippen MR) is 112 cm³/mol. The average Bonchev–Trinajstić information content (AvgIpc) is 2.77. The van der Waals surface area contributed by atoms with Gasteiger partial charge in [0.1, 0.15) is 5.82 Å². The molecule has 0 saturated carbocycles. The number of pyridine rings is 1. The Balaban J connectivity index is 1.67. The Labute approximate surface area is 164 Å². The normalized spacial score (nSPS) is 12.0. The largest absolute Gasteiger partial charge is 0.396 e. The Bertz CT molecular complexity index is 1040. The standard InChI is InChI=1S/C23H22N4O/c28-14-12-18(17-7-2-1-3-8-17)16-25-23-20-10-4-5-11-21(20)26-22(27-23)19-9-6-13-24-15-19/h1-11,13,15,18,28H,12,14,16H2,(H,25,26,27). The Morgan fingerprint density at radius 2 is 1.71 bits per heavy atom. The number of benzene rings is 2. The molecule has 0 aliphatic carbocycles. The van der Waals surface area contributed by atoms with Crippen molar-refractivity contribution in [1.29, 1.82) is 0 Å². The van der Waals surface area contributed by atoms with Gasteiger partial charge in [0.05, 0.1) is 5.52 Å². The highest BCUT2D eigenvalue weighted by atomic mass is 16.3. The van der Waals surface area contributed by atoms with Crippen molar-refractivity contribution in [2.45, 2.75) is 12.3 Å². The zero-order valence-electron chi connectivity index (χ0n) is 15.5. The van der Waals surface area contributed by atoms with Crippen LogP contribution in [0.4, 0.5) is 5.82 Å². The van der Waals surface area contributed by atoms with Crippen molar-refractivity contribution in [3.8, 4) is 11.4 Å². The van der Waals surface area contributed by atoms with E-state index in [1.807, 2.05) is 54.6 Å². The van der Waals surface area contributed by atoms with E-state index in [-0.39, 0.29) is 12.5 Å². The molecule has 1 unspecified atom stereocenters. The smallest absolute Gasteiger partial charge is 0.163 e. The van der Waals surface area contributed by atoms with E-state index in [4.69, 9.17) is 9.97 Å². The summed E-state index contributed by atoms with van der Waals surface area (Å²) in [7, 11) is 0. The first-order chi connectivity index (χ1) is 13.8. The van der Waals surface area contributed by atoms with Gasteiger partial charge in [-0.25, -0.2) is 9.97 Å². The second-order valence-corrected chi connectivity index (χ2v) is 6.66. The molecule has 0 amide bonds. The van der Waals surface area contributed by atoms with Crippen LogP contribution in [-0.4, -0.2) is 33.2 Å². The van der Waals surface area contributed by atoms with Gasteiger partial charge >= 0.3 is 0 Å². The molecule has 0 aliphatic heterocycles. The molecule has 0 spiro atoms. The highest BCUT2D eigenvalue weighted by Gasteiger charge is 2.14. The number of aromatic nitrogens is 3. The number of nitrogens with one attached hydrogen (secondary N) is 1. The van der Waals surface area contributed by atoms with Gasteiger partial charge in [-0.3, -0.25) is 4.98 Å². The van der Waals surface area contributed by atoms with Crippen LogP contribution >= 0.6 is 0 Å². The van der Waals surface area contributed by atoms with Gasteiger partial charge < -0.3 is 10.4 Å². The topological polar surface area (TPSA) is 70.9 Å². The maximum atomic E-state index is 9.50. The molecule has 1 atom stereocenters. The summed E-state index contributed by atoms with van der Waals surface area (Å²) < 4.78 is 0.